The van der Waals surface area contributed by atoms with E-state index in [9.17, 15) is 0 Å². The summed E-state index contributed by atoms with van der Waals surface area (Å²) in [6.07, 6.45) is 0. The van der Waals surface area contributed by atoms with Crippen LogP contribution in [0.5, 0.6) is 0 Å². The van der Waals surface area contributed by atoms with Crippen molar-refractivity contribution in [3.05, 3.63) is 0 Å². The summed E-state index contributed by atoms with van der Waals surface area (Å²) in [5, 5.41) is 13.7. The second kappa shape index (κ2) is 6.45. The van der Waals surface area contributed by atoms with Crippen molar-refractivity contribution in [3.63, 3.8) is 0 Å². The van der Waals surface area contributed by atoms with Crippen molar-refractivity contribution >= 4 is 43.7 Å². The van der Waals surface area contributed by atoms with Gasteiger partial charge in [-0.25, -0.2) is 10.7 Å². The molecule has 0 aromatic heterocycles. The van der Waals surface area contributed by atoms with Gasteiger partial charge in [0.2, 0.25) is 5.96 Å². The molecule has 6 heteroatoms. The molecule has 0 amide bonds. The average Bonchev–Trinajstić information content (AvgIpc) is 1.35. The van der Waals surface area contributed by atoms with E-state index in [0.29, 0.717) is 0 Å². The molecule has 7 heavy (non-hydrogen) atoms. The predicted octanol–water partition coefficient (Wildman–Crippen LogP) is -2.04. The van der Waals surface area contributed by atoms with E-state index in [-0.39, 0.29) is 37.7 Å². The van der Waals surface area contributed by atoms with Gasteiger partial charge in [-0.2, -0.15) is 0 Å². The first-order valence-electron chi connectivity index (χ1n) is 1.18. The molecule has 40 valence electrons. The molecule has 0 rings (SSSR count). The van der Waals surface area contributed by atoms with Crippen LogP contribution in [-0.4, -0.2) is 49.0 Å². The summed E-state index contributed by atoms with van der Waals surface area (Å²) in [4.78, 5) is 3.20. The number of hydrogen-bond acceptors (Lipinski definition) is 3. The van der Waals surface area contributed by atoms with E-state index in [1.165, 1.54) is 0 Å². The number of nitrogens with two attached hydrogens (primary N) is 1. The number of hydroxylamine groups is 1. The molecular weight excluding hydrogens is 126 g/mol. The third-order valence-corrected chi connectivity index (χ3v) is 0.156. The van der Waals surface area contributed by atoms with Crippen LogP contribution in [0.15, 0.2) is 0 Å². The topological polar surface area (TPSA) is 91.4 Å². The average molecular weight is 133 g/mol. The molecule has 0 aromatic carbocycles. The van der Waals surface area contributed by atoms with Crippen LogP contribution in [0.1, 0.15) is 0 Å². The van der Waals surface area contributed by atoms with Gasteiger partial charge in [0.1, 0.15) is 0 Å². The molecule has 0 spiro atoms. The standard InChI is InChI=1S/CH5N3O2.Ca.2H/c2-1(3)4-6-5;;;/h5H,(H4,2,3,4);;;. The van der Waals surface area contributed by atoms with Crippen molar-refractivity contribution in [1.82, 2.24) is 5.48 Å². The summed E-state index contributed by atoms with van der Waals surface area (Å²) in [5.74, 6) is -0.433. The summed E-state index contributed by atoms with van der Waals surface area (Å²) in [5.41, 5.74) is 6.22. The van der Waals surface area contributed by atoms with E-state index in [0.717, 1.165) is 0 Å². The third kappa shape index (κ3) is 10.7. The third-order valence-electron chi connectivity index (χ3n) is 0.156. The Kier molecular flexibility index (Phi) is 9.61. The Labute approximate surface area is 70.2 Å². The molecule has 0 aliphatic carbocycles. The van der Waals surface area contributed by atoms with Crippen LogP contribution in [0.2, 0.25) is 0 Å². The van der Waals surface area contributed by atoms with Gasteiger partial charge >= 0.3 is 37.7 Å². The first kappa shape index (κ1) is 10.4. The van der Waals surface area contributed by atoms with E-state index in [1.54, 1.807) is 5.48 Å². The monoisotopic (exact) mass is 133 g/mol. The van der Waals surface area contributed by atoms with Crippen LogP contribution in [0, 0.1) is 5.41 Å². The molecule has 0 fully saturated rings. The summed E-state index contributed by atoms with van der Waals surface area (Å²) >= 11 is 0. The fourth-order valence-corrected chi connectivity index (χ4v) is 0.0492. The Hall–Kier alpha value is 0.450. The second-order valence-electron chi connectivity index (χ2n) is 0.607. The van der Waals surface area contributed by atoms with Crippen LogP contribution >= 0.6 is 0 Å². The van der Waals surface area contributed by atoms with E-state index >= 15 is 0 Å². The zero-order valence-corrected chi connectivity index (χ0v) is 2.93. The molecule has 0 atom stereocenters. The molecule has 0 heterocycles. The molecule has 5 N–H and O–H groups in total. The molecule has 0 aromatic rings. The Morgan fingerprint density at radius 3 is 2.29 bits per heavy atom. The number of hydrogen-bond donors (Lipinski definition) is 4. The van der Waals surface area contributed by atoms with Gasteiger partial charge in [-0.15, -0.1) is 4.99 Å². The summed E-state index contributed by atoms with van der Waals surface area (Å²) in [7, 11) is 0. The molecule has 0 radical (unpaired) electrons. The van der Waals surface area contributed by atoms with Gasteiger partial charge in [-0.3, -0.25) is 5.41 Å². The van der Waals surface area contributed by atoms with Crippen molar-refractivity contribution in [2.24, 2.45) is 5.73 Å². The van der Waals surface area contributed by atoms with E-state index < -0.39 is 5.96 Å². The first-order chi connectivity index (χ1) is 2.77. The van der Waals surface area contributed by atoms with Gasteiger partial charge in [-0.1, -0.05) is 0 Å². The Morgan fingerprint density at radius 1 is 1.86 bits per heavy atom. The van der Waals surface area contributed by atoms with Crippen molar-refractivity contribution in [3.8, 4) is 0 Å². The molecule has 0 bridgehead atoms. The molecule has 5 nitrogen and oxygen atoms in total. The van der Waals surface area contributed by atoms with Gasteiger partial charge in [0.15, 0.2) is 0 Å². The van der Waals surface area contributed by atoms with Crippen LogP contribution < -0.4 is 11.2 Å². The van der Waals surface area contributed by atoms with Gasteiger partial charge in [0.25, 0.3) is 0 Å². The number of rotatable bonds is 1. The molecule has 0 saturated heterocycles. The van der Waals surface area contributed by atoms with Crippen molar-refractivity contribution in [2.45, 2.75) is 0 Å². The number of guanidine groups is 1. The molecule has 0 aliphatic heterocycles. The van der Waals surface area contributed by atoms with Crippen molar-refractivity contribution < 1.29 is 10.2 Å². The maximum atomic E-state index is 7.40. The molecular formula is CH7CaN3O2. The zero-order valence-electron chi connectivity index (χ0n) is 2.93. The second-order valence-corrected chi connectivity index (χ2v) is 0.607. The van der Waals surface area contributed by atoms with E-state index in [2.05, 4.69) is 10.7 Å². The van der Waals surface area contributed by atoms with Crippen molar-refractivity contribution in [1.29, 1.82) is 5.41 Å². The van der Waals surface area contributed by atoms with Gasteiger partial charge in [0, 0.05) is 0 Å². The number of nitrogens with one attached hydrogen (secondary N) is 2. The van der Waals surface area contributed by atoms with Crippen LogP contribution in [0.25, 0.3) is 0 Å². The van der Waals surface area contributed by atoms with Crippen LogP contribution in [0.3, 0.4) is 0 Å². The van der Waals surface area contributed by atoms with Gasteiger partial charge in [-0.05, 0) is 0 Å². The Balaban J connectivity index is 0. The van der Waals surface area contributed by atoms with E-state index in [4.69, 9.17) is 10.7 Å². The summed E-state index contributed by atoms with van der Waals surface area (Å²) < 4.78 is 0. The molecule has 0 saturated carbocycles. The van der Waals surface area contributed by atoms with Gasteiger partial charge < -0.3 is 5.73 Å². The first-order valence-corrected chi connectivity index (χ1v) is 1.18. The summed E-state index contributed by atoms with van der Waals surface area (Å²) in [6.45, 7) is 0. The van der Waals surface area contributed by atoms with Crippen molar-refractivity contribution in [2.75, 3.05) is 0 Å². The minimum absolute atomic E-state index is 0. The minimum atomic E-state index is -0.433. The normalized spacial score (nSPS) is 6.43. The predicted molar refractivity (Wildman–Crippen MR) is 27.3 cm³/mol. The fraction of sp³-hybridized carbons (Fsp3) is 0. The van der Waals surface area contributed by atoms with E-state index in [1.807, 2.05) is 0 Å². The fourth-order valence-electron chi connectivity index (χ4n) is 0.0492. The van der Waals surface area contributed by atoms with Crippen LogP contribution in [0.4, 0.5) is 0 Å². The Morgan fingerprint density at radius 2 is 2.29 bits per heavy atom. The molecule has 0 aliphatic rings. The quantitative estimate of drug-likeness (QED) is 0.109. The Bertz CT molecular complexity index is 56.9. The van der Waals surface area contributed by atoms with Crippen LogP contribution in [-0.2, 0) is 4.99 Å². The molecule has 0 unspecified atom stereocenters. The zero-order chi connectivity index (χ0) is 4.99. The SMILES string of the molecule is N=C(N)NOO.[CaH2]. The maximum absolute atomic E-state index is 7.40. The van der Waals surface area contributed by atoms with Gasteiger partial charge in [0.05, 0.1) is 0 Å². The summed E-state index contributed by atoms with van der Waals surface area (Å²) in [6, 6.07) is 0.